The maximum absolute atomic E-state index is 11.1. The highest BCUT2D eigenvalue weighted by atomic mass is 32.1. The molecule has 0 aliphatic heterocycles. The Hall–Kier alpha value is -1.88. The third-order valence-electron chi connectivity index (χ3n) is 2.65. The molecule has 106 valence electrons. The Kier molecular flexibility index (Phi) is 4.74. The number of carbonyl (C=O) groups excluding carboxylic acids is 1. The Morgan fingerprint density at radius 2 is 2.25 bits per heavy atom. The summed E-state index contributed by atoms with van der Waals surface area (Å²) in [5.41, 5.74) is 1.97. The van der Waals surface area contributed by atoms with E-state index < -0.39 is 0 Å². The van der Waals surface area contributed by atoms with Crippen LogP contribution < -0.4 is 10.1 Å². The van der Waals surface area contributed by atoms with Crippen molar-refractivity contribution >= 4 is 22.4 Å². The molecule has 1 N–H and O–H groups in total. The second kappa shape index (κ2) is 6.52. The SMILES string of the molecule is CCCOc1cccc(-c2sc(NC(C)=O)nc2C)c1. The van der Waals surface area contributed by atoms with E-state index in [0.29, 0.717) is 11.7 Å². The molecular weight excluding hydrogens is 272 g/mol. The molecule has 0 saturated carbocycles. The topological polar surface area (TPSA) is 51.2 Å². The van der Waals surface area contributed by atoms with E-state index in [2.05, 4.69) is 17.2 Å². The Bertz CT molecular complexity index is 608. The first-order valence-corrected chi connectivity index (χ1v) is 7.40. The van der Waals surface area contributed by atoms with Gasteiger partial charge in [-0.25, -0.2) is 4.98 Å². The molecule has 0 unspecified atom stereocenters. The highest BCUT2D eigenvalue weighted by Crippen LogP contribution is 2.34. The molecule has 5 heteroatoms. The molecule has 1 aromatic heterocycles. The standard InChI is InChI=1S/C15H18N2O2S/c1-4-8-19-13-7-5-6-12(9-13)14-10(2)16-15(20-14)17-11(3)18/h5-7,9H,4,8H2,1-3H3,(H,16,17,18). The first-order chi connectivity index (χ1) is 9.60. The fraction of sp³-hybridized carbons (Fsp3) is 0.333. The third kappa shape index (κ3) is 3.57. The van der Waals surface area contributed by atoms with E-state index >= 15 is 0 Å². The maximum atomic E-state index is 11.1. The normalized spacial score (nSPS) is 10.3. The van der Waals surface area contributed by atoms with Gasteiger partial charge in [0.25, 0.3) is 0 Å². The monoisotopic (exact) mass is 290 g/mol. The summed E-state index contributed by atoms with van der Waals surface area (Å²) >= 11 is 1.47. The quantitative estimate of drug-likeness (QED) is 0.909. The highest BCUT2D eigenvalue weighted by Gasteiger charge is 2.11. The number of nitrogens with one attached hydrogen (secondary N) is 1. The first kappa shape index (κ1) is 14.5. The van der Waals surface area contributed by atoms with Gasteiger partial charge in [0.1, 0.15) is 5.75 Å². The first-order valence-electron chi connectivity index (χ1n) is 6.58. The van der Waals surface area contributed by atoms with E-state index in [1.807, 2.05) is 31.2 Å². The molecule has 2 aromatic rings. The van der Waals surface area contributed by atoms with Gasteiger partial charge in [-0.1, -0.05) is 30.4 Å². The zero-order valence-electron chi connectivity index (χ0n) is 11.9. The number of rotatable bonds is 5. The molecule has 0 spiro atoms. The lowest BCUT2D eigenvalue weighted by molar-refractivity contribution is -0.114. The summed E-state index contributed by atoms with van der Waals surface area (Å²) in [7, 11) is 0. The maximum Gasteiger partial charge on any atom is 0.223 e. The van der Waals surface area contributed by atoms with Gasteiger partial charge >= 0.3 is 0 Å². The number of anilines is 1. The molecule has 0 bridgehead atoms. The second-order valence-electron chi connectivity index (χ2n) is 4.49. The number of ether oxygens (including phenoxy) is 1. The average molecular weight is 290 g/mol. The Morgan fingerprint density at radius 1 is 1.45 bits per heavy atom. The Balaban J connectivity index is 2.26. The van der Waals surface area contributed by atoms with Crippen molar-refractivity contribution in [2.24, 2.45) is 0 Å². The zero-order chi connectivity index (χ0) is 14.5. The lowest BCUT2D eigenvalue weighted by Crippen LogP contribution is -2.04. The van der Waals surface area contributed by atoms with Gasteiger partial charge in [-0.2, -0.15) is 0 Å². The van der Waals surface area contributed by atoms with Crippen LogP contribution in [0.2, 0.25) is 0 Å². The summed E-state index contributed by atoms with van der Waals surface area (Å²) in [5.74, 6) is 0.753. The van der Waals surface area contributed by atoms with E-state index in [4.69, 9.17) is 4.74 Å². The van der Waals surface area contributed by atoms with E-state index in [1.165, 1.54) is 18.3 Å². The summed E-state index contributed by atoms with van der Waals surface area (Å²) in [5, 5.41) is 3.35. The van der Waals surface area contributed by atoms with Crippen LogP contribution in [0.25, 0.3) is 10.4 Å². The minimum Gasteiger partial charge on any atom is -0.494 e. The number of nitrogens with zero attached hydrogens (tertiary/aromatic N) is 1. The van der Waals surface area contributed by atoms with Crippen LogP contribution in [-0.4, -0.2) is 17.5 Å². The number of hydrogen-bond donors (Lipinski definition) is 1. The lowest BCUT2D eigenvalue weighted by atomic mass is 10.1. The van der Waals surface area contributed by atoms with Crippen molar-refractivity contribution in [3.05, 3.63) is 30.0 Å². The van der Waals surface area contributed by atoms with Crippen molar-refractivity contribution in [2.75, 3.05) is 11.9 Å². The van der Waals surface area contributed by atoms with Crippen LogP contribution >= 0.6 is 11.3 Å². The van der Waals surface area contributed by atoms with Crippen molar-refractivity contribution in [3.63, 3.8) is 0 Å². The number of amides is 1. The van der Waals surface area contributed by atoms with Crippen molar-refractivity contribution in [1.82, 2.24) is 4.98 Å². The Labute approximate surface area is 122 Å². The molecule has 0 saturated heterocycles. The predicted octanol–water partition coefficient (Wildman–Crippen LogP) is 3.87. The lowest BCUT2D eigenvalue weighted by Gasteiger charge is -2.06. The molecule has 4 nitrogen and oxygen atoms in total. The van der Waals surface area contributed by atoms with Crippen LogP contribution in [0.4, 0.5) is 5.13 Å². The van der Waals surface area contributed by atoms with Gasteiger partial charge in [-0.15, -0.1) is 0 Å². The van der Waals surface area contributed by atoms with E-state index in [-0.39, 0.29) is 5.91 Å². The summed E-state index contributed by atoms with van der Waals surface area (Å²) in [6, 6.07) is 7.95. The summed E-state index contributed by atoms with van der Waals surface area (Å²) < 4.78 is 5.64. The molecule has 1 amide bonds. The van der Waals surface area contributed by atoms with Gasteiger partial charge in [-0.3, -0.25) is 4.79 Å². The summed E-state index contributed by atoms with van der Waals surface area (Å²) in [6.45, 7) is 6.21. The van der Waals surface area contributed by atoms with Gasteiger partial charge in [-0.05, 0) is 31.0 Å². The molecule has 0 radical (unpaired) electrons. The highest BCUT2D eigenvalue weighted by molar-refractivity contribution is 7.19. The number of thiazole rings is 1. The van der Waals surface area contributed by atoms with Gasteiger partial charge in [0.05, 0.1) is 17.2 Å². The summed E-state index contributed by atoms with van der Waals surface area (Å²) in [6.07, 6.45) is 0.983. The van der Waals surface area contributed by atoms with Crippen LogP contribution in [-0.2, 0) is 4.79 Å². The van der Waals surface area contributed by atoms with Crippen molar-refractivity contribution < 1.29 is 9.53 Å². The average Bonchev–Trinajstić information content (AvgIpc) is 2.76. The number of hydrogen-bond acceptors (Lipinski definition) is 4. The molecule has 1 heterocycles. The number of aryl methyl sites for hydroxylation is 1. The van der Waals surface area contributed by atoms with Crippen LogP contribution in [0.5, 0.6) is 5.75 Å². The predicted molar refractivity (Wildman–Crippen MR) is 82.4 cm³/mol. The second-order valence-corrected chi connectivity index (χ2v) is 5.49. The number of aromatic nitrogens is 1. The molecular formula is C15H18N2O2S. The van der Waals surface area contributed by atoms with Crippen LogP contribution in [0.1, 0.15) is 26.0 Å². The fourth-order valence-electron chi connectivity index (χ4n) is 1.82. The van der Waals surface area contributed by atoms with Gasteiger partial charge < -0.3 is 10.1 Å². The van der Waals surface area contributed by atoms with Crippen LogP contribution in [0, 0.1) is 6.92 Å². The van der Waals surface area contributed by atoms with E-state index in [1.54, 1.807) is 0 Å². The van der Waals surface area contributed by atoms with Crippen molar-refractivity contribution in [2.45, 2.75) is 27.2 Å². The van der Waals surface area contributed by atoms with Gasteiger partial charge in [0.15, 0.2) is 5.13 Å². The molecule has 0 aliphatic rings. The molecule has 0 fully saturated rings. The Morgan fingerprint density at radius 3 is 2.95 bits per heavy atom. The van der Waals surface area contributed by atoms with Crippen LogP contribution in [0.3, 0.4) is 0 Å². The smallest absolute Gasteiger partial charge is 0.223 e. The summed E-state index contributed by atoms with van der Waals surface area (Å²) in [4.78, 5) is 16.5. The number of carbonyl (C=O) groups is 1. The van der Waals surface area contributed by atoms with Gasteiger partial charge in [0.2, 0.25) is 5.91 Å². The number of benzene rings is 1. The van der Waals surface area contributed by atoms with Crippen molar-refractivity contribution in [3.8, 4) is 16.2 Å². The largest absolute Gasteiger partial charge is 0.494 e. The zero-order valence-corrected chi connectivity index (χ0v) is 12.7. The van der Waals surface area contributed by atoms with E-state index in [0.717, 1.165) is 28.3 Å². The van der Waals surface area contributed by atoms with Crippen molar-refractivity contribution in [1.29, 1.82) is 0 Å². The van der Waals surface area contributed by atoms with E-state index in [9.17, 15) is 4.79 Å². The molecule has 0 atom stereocenters. The molecule has 20 heavy (non-hydrogen) atoms. The molecule has 2 rings (SSSR count). The molecule has 0 aliphatic carbocycles. The third-order valence-corrected chi connectivity index (χ3v) is 3.77. The van der Waals surface area contributed by atoms with Gasteiger partial charge in [0, 0.05) is 6.92 Å². The minimum absolute atomic E-state index is 0.106. The fourth-order valence-corrected chi connectivity index (χ4v) is 2.82. The minimum atomic E-state index is -0.106. The van der Waals surface area contributed by atoms with Crippen LogP contribution in [0.15, 0.2) is 24.3 Å². The molecule has 1 aromatic carbocycles.